The highest BCUT2D eigenvalue weighted by Crippen LogP contribution is 2.09. The molecular formula is C19H19N2O+. The average Bonchev–Trinajstić information content (AvgIpc) is 2.56. The third-order valence-corrected chi connectivity index (χ3v) is 3.65. The fraction of sp³-hybridized carbons (Fsp3) is 0.158. The lowest BCUT2D eigenvalue weighted by Crippen LogP contribution is -2.42. The summed E-state index contributed by atoms with van der Waals surface area (Å²) < 4.78 is 1.92. The number of benzene rings is 2. The van der Waals surface area contributed by atoms with E-state index in [0.717, 1.165) is 11.8 Å². The number of hydrogen-bond donors (Lipinski definition) is 1. The number of carbonyl (C=O) groups is 1. The second-order valence-electron chi connectivity index (χ2n) is 5.33. The molecule has 0 fully saturated rings. The zero-order valence-electron chi connectivity index (χ0n) is 12.4. The summed E-state index contributed by atoms with van der Waals surface area (Å²) in [5.74, 6) is 0.0382. The van der Waals surface area contributed by atoms with E-state index in [-0.39, 0.29) is 5.91 Å². The van der Waals surface area contributed by atoms with Crippen molar-refractivity contribution in [2.45, 2.75) is 13.0 Å². The topological polar surface area (TPSA) is 33.0 Å². The number of rotatable bonds is 5. The van der Waals surface area contributed by atoms with Crippen LogP contribution in [0.3, 0.4) is 0 Å². The largest absolute Gasteiger partial charge is 0.350 e. The summed E-state index contributed by atoms with van der Waals surface area (Å²) in [5.41, 5.74) is 1.24. The summed E-state index contributed by atoms with van der Waals surface area (Å²) in [6.45, 7) is 1.01. The van der Waals surface area contributed by atoms with Crippen LogP contribution in [0.2, 0.25) is 0 Å². The monoisotopic (exact) mass is 291 g/mol. The van der Waals surface area contributed by atoms with Gasteiger partial charge in [0.1, 0.15) is 0 Å². The lowest BCUT2D eigenvalue weighted by Gasteiger charge is -2.04. The fourth-order valence-electron chi connectivity index (χ4n) is 2.49. The fourth-order valence-corrected chi connectivity index (χ4v) is 2.49. The van der Waals surface area contributed by atoms with E-state index < -0.39 is 0 Å². The molecule has 0 aliphatic heterocycles. The first kappa shape index (κ1) is 14.3. The molecule has 110 valence electrons. The van der Waals surface area contributed by atoms with Crippen molar-refractivity contribution < 1.29 is 9.36 Å². The zero-order valence-corrected chi connectivity index (χ0v) is 12.4. The van der Waals surface area contributed by atoms with E-state index in [1.807, 2.05) is 53.4 Å². The van der Waals surface area contributed by atoms with Crippen molar-refractivity contribution in [1.82, 2.24) is 5.32 Å². The minimum Gasteiger partial charge on any atom is -0.350 e. The quantitative estimate of drug-likeness (QED) is 0.720. The number of amides is 1. The molecule has 0 saturated heterocycles. The molecule has 0 aliphatic rings. The summed E-state index contributed by atoms with van der Waals surface area (Å²) in [5, 5.41) is 5.29. The Morgan fingerprint density at radius 1 is 0.909 bits per heavy atom. The Morgan fingerprint density at radius 3 is 2.45 bits per heavy atom. The van der Waals surface area contributed by atoms with E-state index in [9.17, 15) is 4.79 Å². The van der Waals surface area contributed by atoms with Gasteiger partial charge in [0.15, 0.2) is 12.4 Å². The van der Waals surface area contributed by atoms with Gasteiger partial charge in [-0.15, -0.1) is 0 Å². The average molecular weight is 291 g/mol. The van der Waals surface area contributed by atoms with Crippen molar-refractivity contribution in [3.8, 4) is 0 Å². The first-order chi connectivity index (χ1) is 10.8. The molecule has 1 aromatic heterocycles. The lowest BCUT2D eigenvalue weighted by molar-refractivity contribution is -0.683. The van der Waals surface area contributed by atoms with Crippen LogP contribution in [-0.4, -0.2) is 12.5 Å². The van der Waals surface area contributed by atoms with Crippen LogP contribution in [0.5, 0.6) is 0 Å². The van der Waals surface area contributed by atoms with Crippen LogP contribution < -0.4 is 9.88 Å². The third-order valence-electron chi connectivity index (χ3n) is 3.65. The number of carbonyl (C=O) groups excluding carboxylic acids is 1. The maximum Gasteiger partial charge on any atom is 0.285 e. The van der Waals surface area contributed by atoms with E-state index in [4.69, 9.17) is 0 Å². The lowest BCUT2D eigenvalue weighted by atomic mass is 10.1. The Bertz CT molecular complexity index is 769. The van der Waals surface area contributed by atoms with E-state index in [0.29, 0.717) is 13.1 Å². The first-order valence-corrected chi connectivity index (χ1v) is 7.50. The Labute approximate surface area is 130 Å². The predicted molar refractivity (Wildman–Crippen MR) is 87.3 cm³/mol. The molecule has 3 aromatic rings. The van der Waals surface area contributed by atoms with Crippen molar-refractivity contribution >= 4 is 16.7 Å². The van der Waals surface area contributed by atoms with Gasteiger partial charge in [-0.1, -0.05) is 48.5 Å². The van der Waals surface area contributed by atoms with Crippen molar-refractivity contribution in [2.75, 3.05) is 6.54 Å². The predicted octanol–water partition coefficient (Wildman–Crippen LogP) is 2.49. The van der Waals surface area contributed by atoms with Crippen LogP contribution in [0.25, 0.3) is 10.8 Å². The Morgan fingerprint density at radius 2 is 1.64 bits per heavy atom. The maximum atomic E-state index is 12.0. The van der Waals surface area contributed by atoms with Gasteiger partial charge in [-0.25, -0.2) is 0 Å². The highest BCUT2D eigenvalue weighted by Gasteiger charge is 2.09. The van der Waals surface area contributed by atoms with Gasteiger partial charge in [-0.05, 0) is 23.4 Å². The SMILES string of the molecule is O=C(C[n+]1ccc2ccccc2c1)NCCc1ccccc1. The van der Waals surface area contributed by atoms with E-state index in [1.165, 1.54) is 10.9 Å². The number of hydrogen-bond acceptors (Lipinski definition) is 1. The van der Waals surface area contributed by atoms with Gasteiger partial charge in [0.25, 0.3) is 5.91 Å². The number of nitrogens with one attached hydrogen (secondary N) is 1. The molecular weight excluding hydrogens is 272 g/mol. The van der Waals surface area contributed by atoms with Gasteiger partial charge >= 0.3 is 0 Å². The molecule has 1 heterocycles. The van der Waals surface area contributed by atoms with Gasteiger partial charge in [-0.2, -0.15) is 4.57 Å². The first-order valence-electron chi connectivity index (χ1n) is 7.50. The molecule has 3 rings (SSSR count). The highest BCUT2D eigenvalue weighted by atomic mass is 16.1. The molecule has 1 amide bonds. The highest BCUT2D eigenvalue weighted by molar-refractivity contribution is 5.80. The summed E-state index contributed by atoms with van der Waals surface area (Å²) in [4.78, 5) is 12.0. The van der Waals surface area contributed by atoms with Gasteiger partial charge in [0.2, 0.25) is 6.54 Å². The van der Waals surface area contributed by atoms with Gasteiger partial charge in [-0.3, -0.25) is 4.79 Å². The smallest absolute Gasteiger partial charge is 0.285 e. The molecule has 0 radical (unpaired) electrons. The Hall–Kier alpha value is -2.68. The molecule has 0 atom stereocenters. The van der Waals surface area contributed by atoms with E-state index in [2.05, 4.69) is 29.6 Å². The van der Waals surface area contributed by atoms with Crippen LogP contribution in [0.15, 0.2) is 73.1 Å². The normalized spacial score (nSPS) is 10.5. The standard InChI is InChI=1S/C19H18N2O/c22-19(20-12-10-16-6-2-1-3-7-16)15-21-13-11-17-8-4-5-9-18(17)14-21/h1-9,11,13-14H,10,12,15H2/p+1. The van der Waals surface area contributed by atoms with Gasteiger partial charge < -0.3 is 5.32 Å². The molecule has 3 heteroatoms. The zero-order chi connectivity index (χ0) is 15.2. The maximum absolute atomic E-state index is 12.0. The minimum atomic E-state index is 0.0382. The second kappa shape index (κ2) is 6.85. The molecule has 1 N–H and O–H groups in total. The molecule has 0 bridgehead atoms. The summed E-state index contributed by atoms with van der Waals surface area (Å²) in [7, 11) is 0. The van der Waals surface area contributed by atoms with Crippen molar-refractivity contribution in [3.63, 3.8) is 0 Å². The Kier molecular flexibility index (Phi) is 4.44. The number of pyridine rings is 1. The summed E-state index contributed by atoms with van der Waals surface area (Å²) in [6.07, 6.45) is 4.81. The molecule has 0 aliphatic carbocycles. The molecule has 0 saturated carbocycles. The number of fused-ring (bicyclic) bond motifs is 1. The summed E-state index contributed by atoms with van der Waals surface area (Å²) >= 11 is 0. The van der Waals surface area contributed by atoms with Crippen LogP contribution in [0.1, 0.15) is 5.56 Å². The molecule has 3 nitrogen and oxygen atoms in total. The summed E-state index contributed by atoms with van der Waals surface area (Å²) in [6, 6.07) is 20.4. The molecule has 2 aromatic carbocycles. The van der Waals surface area contributed by atoms with Crippen molar-refractivity contribution in [3.05, 3.63) is 78.6 Å². The van der Waals surface area contributed by atoms with Crippen LogP contribution >= 0.6 is 0 Å². The number of nitrogens with zero attached hydrogens (tertiary/aromatic N) is 1. The van der Waals surface area contributed by atoms with Crippen LogP contribution in [0.4, 0.5) is 0 Å². The number of aromatic nitrogens is 1. The van der Waals surface area contributed by atoms with E-state index in [1.54, 1.807) is 0 Å². The van der Waals surface area contributed by atoms with Gasteiger partial charge in [0.05, 0.1) is 0 Å². The van der Waals surface area contributed by atoms with Crippen LogP contribution in [-0.2, 0) is 17.8 Å². The molecule has 22 heavy (non-hydrogen) atoms. The van der Waals surface area contributed by atoms with Gasteiger partial charge in [0, 0.05) is 18.0 Å². The molecule has 0 unspecified atom stereocenters. The second-order valence-corrected chi connectivity index (χ2v) is 5.33. The van der Waals surface area contributed by atoms with Crippen molar-refractivity contribution in [1.29, 1.82) is 0 Å². The van der Waals surface area contributed by atoms with Crippen LogP contribution in [0, 0.1) is 0 Å². The minimum absolute atomic E-state index is 0.0382. The Balaban J connectivity index is 1.54. The van der Waals surface area contributed by atoms with Crippen molar-refractivity contribution in [2.24, 2.45) is 0 Å². The van der Waals surface area contributed by atoms with E-state index >= 15 is 0 Å². The third kappa shape index (κ3) is 3.70. The molecule has 0 spiro atoms.